The van der Waals surface area contributed by atoms with Gasteiger partial charge in [0.1, 0.15) is 0 Å². The molecule has 0 fully saturated rings. The fourth-order valence-electron chi connectivity index (χ4n) is 1.34. The zero-order valence-electron chi connectivity index (χ0n) is 10.9. The molecule has 0 aromatic heterocycles. The van der Waals surface area contributed by atoms with E-state index in [0.29, 0.717) is 0 Å². The highest BCUT2D eigenvalue weighted by molar-refractivity contribution is 7.47. The molecule has 2 aromatic rings. The molecular formula is C14H17O4P. The molecule has 0 saturated carbocycles. The maximum Gasteiger partial charge on any atom is 0.471 e. The molecule has 2 rings (SSSR count). The number of hydrogen-bond acceptors (Lipinski definition) is 3. The summed E-state index contributed by atoms with van der Waals surface area (Å²) in [5.41, 5.74) is 2.55. The Bertz CT molecular complexity index is 468. The van der Waals surface area contributed by atoms with E-state index < -0.39 is 7.82 Å². The first-order valence-corrected chi connectivity index (χ1v) is 7.13. The molecular weight excluding hydrogens is 263 g/mol. The maximum atomic E-state index is 10.1. The fourth-order valence-corrected chi connectivity index (χ4v) is 1.48. The quantitative estimate of drug-likeness (QED) is 0.870. The lowest BCUT2D eigenvalue weighted by atomic mass is 10.1. The van der Waals surface area contributed by atoms with E-state index >= 15 is 0 Å². The molecule has 0 aliphatic rings. The molecule has 0 aliphatic carbocycles. The first-order chi connectivity index (χ1) is 9.09. The second kappa shape index (κ2) is 7.87. The Hall–Kier alpha value is -1.45. The molecule has 0 aliphatic heterocycles. The van der Waals surface area contributed by atoms with Crippen LogP contribution in [0.3, 0.4) is 0 Å². The predicted molar refractivity (Wildman–Crippen MR) is 75.7 cm³/mol. The summed E-state index contributed by atoms with van der Waals surface area (Å²) in [4.78, 5) is 8.24. The first kappa shape index (κ1) is 15.6. The van der Waals surface area contributed by atoms with Gasteiger partial charge in [-0.15, -0.1) is 0 Å². The summed E-state index contributed by atoms with van der Waals surface area (Å²) in [6.07, 6.45) is 0. The molecule has 5 heteroatoms. The van der Waals surface area contributed by atoms with Crippen molar-refractivity contribution >= 4 is 7.82 Å². The van der Waals surface area contributed by atoms with E-state index in [4.69, 9.17) is 4.89 Å². The second-order valence-electron chi connectivity index (χ2n) is 3.57. The zero-order valence-corrected chi connectivity index (χ0v) is 11.8. The molecule has 0 saturated heterocycles. The van der Waals surface area contributed by atoms with E-state index in [9.17, 15) is 4.57 Å². The van der Waals surface area contributed by atoms with Gasteiger partial charge in [-0.05, 0) is 11.1 Å². The van der Waals surface area contributed by atoms with Gasteiger partial charge in [0.15, 0.2) is 0 Å². The third-order valence-electron chi connectivity index (χ3n) is 2.34. The average molecular weight is 280 g/mol. The van der Waals surface area contributed by atoms with Gasteiger partial charge in [-0.25, -0.2) is 4.57 Å². The van der Waals surface area contributed by atoms with E-state index in [2.05, 4.69) is 57.6 Å². The molecule has 0 heterocycles. The van der Waals surface area contributed by atoms with Gasteiger partial charge in [0.05, 0.1) is 0 Å². The second-order valence-corrected chi connectivity index (χ2v) is 5.23. The summed E-state index contributed by atoms with van der Waals surface area (Å²) in [6.45, 7) is 0. The van der Waals surface area contributed by atoms with Gasteiger partial charge in [-0.2, -0.15) is 0 Å². The number of phosphoric acid groups is 1. The minimum Gasteiger partial charge on any atom is -0.303 e. The van der Waals surface area contributed by atoms with Crippen LogP contribution in [-0.4, -0.2) is 19.1 Å². The molecule has 2 aromatic carbocycles. The molecule has 0 radical (unpaired) electrons. The van der Waals surface area contributed by atoms with Gasteiger partial charge in [-0.3, -0.25) is 9.05 Å². The number of benzene rings is 2. The van der Waals surface area contributed by atoms with Crippen molar-refractivity contribution in [2.75, 3.05) is 14.2 Å². The minimum absolute atomic E-state index is 1.10. The molecule has 0 unspecified atom stereocenters. The normalized spacial score (nSPS) is 10.5. The van der Waals surface area contributed by atoms with Crippen LogP contribution in [0, 0.1) is 0 Å². The van der Waals surface area contributed by atoms with Gasteiger partial charge in [0, 0.05) is 14.2 Å². The smallest absolute Gasteiger partial charge is 0.303 e. The summed E-state index contributed by atoms with van der Waals surface area (Å²) in [5, 5.41) is 0. The Morgan fingerprint density at radius 1 is 0.789 bits per heavy atom. The molecule has 1 N–H and O–H groups in total. The van der Waals surface area contributed by atoms with Crippen molar-refractivity contribution in [2.24, 2.45) is 0 Å². The van der Waals surface area contributed by atoms with Crippen molar-refractivity contribution in [2.45, 2.75) is 0 Å². The Morgan fingerprint density at radius 3 is 1.32 bits per heavy atom. The largest absolute Gasteiger partial charge is 0.471 e. The Balaban J connectivity index is 0.000000224. The highest BCUT2D eigenvalue weighted by atomic mass is 31.2. The number of phosphoric ester groups is 1. The van der Waals surface area contributed by atoms with Crippen LogP contribution in [0.25, 0.3) is 11.1 Å². The van der Waals surface area contributed by atoms with E-state index in [0.717, 1.165) is 14.2 Å². The van der Waals surface area contributed by atoms with Crippen LogP contribution in [0.2, 0.25) is 0 Å². The van der Waals surface area contributed by atoms with Crippen LogP contribution in [0.1, 0.15) is 0 Å². The van der Waals surface area contributed by atoms with Gasteiger partial charge in [0.25, 0.3) is 0 Å². The fraction of sp³-hybridized carbons (Fsp3) is 0.143. The third-order valence-corrected chi connectivity index (χ3v) is 3.27. The van der Waals surface area contributed by atoms with Crippen LogP contribution in [0.5, 0.6) is 0 Å². The highest BCUT2D eigenvalue weighted by Crippen LogP contribution is 2.40. The number of rotatable bonds is 3. The highest BCUT2D eigenvalue weighted by Gasteiger charge is 2.13. The maximum absolute atomic E-state index is 10.1. The van der Waals surface area contributed by atoms with Crippen LogP contribution >= 0.6 is 7.82 Å². The number of hydrogen-bond donors (Lipinski definition) is 1. The molecule has 0 bridgehead atoms. The topological polar surface area (TPSA) is 55.8 Å². The molecule has 0 amide bonds. The summed E-state index contributed by atoms with van der Waals surface area (Å²) in [5.74, 6) is 0. The van der Waals surface area contributed by atoms with Crippen LogP contribution in [-0.2, 0) is 13.6 Å². The third kappa shape index (κ3) is 5.81. The lowest BCUT2D eigenvalue weighted by Gasteiger charge is -2.01. The van der Waals surface area contributed by atoms with Crippen molar-refractivity contribution < 1.29 is 18.5 Å². The van der Waals surface area contributed by atoms with Crippen molar-refractivity contribution in [3.05, 3.63) is 60.7 Å². The van der Waals surface area contributed by atoms with Gasteiger partial charge >= 0.3 is 7.82 Å². The first-order valence-electron chi connectivity index (χ1n) is 5.64. The van der Waals surface area contributed by atoms with E-state index in [1.807, 2.05) is 12.1 Å². The molecule has 19 heavy (non-hydrogen) atoms. The van der Waals surface area contributed by atoms with E-state index in [1.165, 1.54) is 11.1 Å². The Kier molecular flexibility index (Phi) is 6.46. The van der Waals surface area contributed by atoms with Crippen LogP contribution in [0.15, 0.2) is 60.7 Å². The lowest BCUT2D eigenvalue weighted by Crippen LogP contribution is -1.83. The standard InChI is InChI=1S/C12H10.C2H7O4P/c1-3-7-11(8-4-1)12-9-5-2-6-10-12;1-5-7(3,4)6-2/h1-10H;1-2H3,(H,3,4). The van der Waals surface area contributed by atoms with Crippen molar-refractivity contribution in [3.8, 4) is 11.1 Å². The van der Waals surface area contributed by atoms with Gasteiger partial charge < -0.3 is 4.89 Å². The van der Waals surface area contributed by atoms with Crippen molar-refractivity contribution in [3.63, 3.8) is 0 Å². The molecule has 0 spiro atoms. The van der Waals surface area contributed by atoms with E-state index in [1.54, 1.807) is 0 Å². The molecule has 0 atom stereocenters. The lowest BCUT2D eigenvalue weighted by molar-refractivity contribution is 0.204. The SMILES string of the molecule is COP(=O)(O)OC.c1ccc(-c2ccccc2)cc1. The summed E-state index contributed by atoms with van der Waals surface area (Å²) < 4.78 is 18.0. The summed E-state index contributed by atoms with van der Waals surface area (Å²) in [6, 6.07) is 20.8. The summed E-state index contributed by atoms with van der Waals surface area (Å²) >= 11 is 0. The zero-order chi connectivity index (χ0) is 14.1. The monoisotopic (exact) mass is 280 g/mol. The van der Waals surface area contributed by atoms with Gasteiger partial charge in [-0.1, -0.05) is 60.7 Å². The minimum atomic E-state index is -3.65. The van der Waals surface area contributed by atoms with Gasteiger partial charge in [0.2, 0.25) is 0 Å². The van der Waals surface area contributed by atoms with Crippen molar-refractivity contribution in [1.82, 2.24) is 0 Å². The Morgan fingerprint density at radius 2 is 1.11 bits per heavy atom. The van der Waals surface area contributed by atoms with Crippen LogP contribution in [0.4, 0.5) is 0 Å². The molecule has 102 valence electrons. The van der Waals surface area contributed by atoms with Crippen molar-refractivity contribution in [1.29, 1.82) is 0 Å². The summed E-state index contributed by atoms with van der Waals surface area (Å²) in [7, 11) is -1.45. The average Bonchev–Trinajstić information content (AvgIpc) is 2.50. The Labute approximate surface area is 113 Å². The molecule has 4 nitrogen and oxygen atoms in total. The predicted octanol–water partition coefficient (Wildman–Crippen LogP) is 3.73. The van der Waals surface area contributed by atoms with Crippen LogP contribution < -0.4 is 0 Å². The van der Waals surface area contributed by atoms with E-state index in [-0.39, 0.29) is 0 Å².